The van der Waals surface area contributed by atoms with E-state index >= 15 is 0 Å². The molecule has 4 heteroatoms. The van der Waals surface area contributed by atoms with Gasteiger partial charge in [0.25, 0.3) is 0 Å². The first-order valence-corrected chi connectivity index (χ1v) is 6.01. The first kappa shape index (κ1) is 16.4. The van der Waals surface area contributed by atoms with Crippen molar-refractivity contribution < 1.29 is 9.59 Å². The van der Waals surface area contributed by atoms with Crippen LogP contribution >= 0.6 is 0 Å². The highest BCUT2D eigenvalue weighted by atomic mass is 16.2. The molecule has 4 nitrogen and oxygen atoms in total. The summed E-state index contributed by atoms with van der Waals surface area (Å²) in [7, 11) is 0. The van der Waals surface area contributed by atoms with Crippen LogP contribution < -0.4 is 10.6 Å². The van der Waals surface area contributed by atoms with E-state index in [1.807, 2.05) is 27.7 Å². The SMILES string of the molecule is C=CC(=O)NC(C)(C)CCC(C)(C)NC(=O)C=C. The summed E-state index contributed by atoms with van der Waals surface area (Å²) >= 11 is 0. The van der Waals surface area contributed by atoms with Crippen molar-refractivity contribution in [2.24, 2.45) is 0 Å². The zero-order chi connectivity index (χ0) is 14.4. The standard InChI is InChI=1S/C14H24N2O2/c1-7-11(17)15-13(3,4)9-10-14(5,6)16-12(18)8-2/h7-8H,1-2,9-10H2,3-6H3,(H,15,17)(H,16,18). The highest BCUT2D eigenvalue weighted by molar-refractivity contribution is 5.87. The number of amides is 2. The van der Waals surface area contributed by atoms with Crippen molar-refractivity contribution in [1.82, 2.24) is 10.6 Å². The predicted molar refractivity (Wildman–Crippen MR) is 74.1 cm³/mol. The molecule has 0 fully saturated rings. The van der Waals surface area contributed by atoms with Crippen LogP contribution in [0.1, 0.15) is 40.5 Å². The lowest BCUT2D eigenvalue weighted by atomic mass is 9.89. The Morgan fingerprint density at radius 2 is 1.17 bits per heavy atom. The third kappa shape index (κ3) is 6.89. The summed E-state index contributed by atoms with van der Waals surface area (Å²) < 4.78 is 0. The summed E-state index contributed by atoms with van der Waals surface area (Å²) in [6, 6.07) is 0. The van der Waals surface area contributed by atoms with Crippen molar-refractivity contribution in [1.29, 1.82) is 0 Å². The maximum atomic E-state index is 11.3. The summed E-state index contributed by atoms with van der Waals surface area (Å²) in [6.07, 6.45) is 4.01. The molecule has 0 aromatic carbocycles. The molecule has 0 aliphatic rings. The van der Waals surface area contributed by atoms with E-state index < -0.39 is 0 Å². The zero-order valence-electron chi connectivity index (χ0n) is 11.8. The lowest BCUT2D eigenvalue weighted by Crippen LogP contribution is -2.47. The lowest BCUT2D eigenvalue weighted by Gasteiger charge is -2.32. The number of nitrogens with one attached hydrogen (secondary N) is 2. The summed E-state index contributed by atoms with van der Waals surface area (Å²) in [5.41, 5.74) is -0.664. The number of hydrogen-bond acceptors (Lipinski definition) is 2. The topological polar surface area (TPSA) is 58.2 Å². The predicted octanol–water partition coefficient (Wildman–Crippen LogP) is 1.93. The quantitative estimate of drug-likeness (QED) is 0.680. The minimum Gasteiger partial charge on any atom is -0.348 e. The number of carbonyl (C=O) groups excluding carboxylic acids is 2. The molecule has 0 saturated heterocycles. The van der Waals surface area contributed by atoms with E-state index in [9.17, 15) is 9.59 Å². The fourth-order valence-corrected chi connectivity index (χ4v) is 1.52. The average Bonchev–Trinajstić information content (AvgIpc) is 2.25. The van der Waals surface area contributed by atoms with E-state index in [0.717, 1.165) is 12.8 Å². The first-order valence-electron chi connectivity index (χ1n) is 6.01. The van der Waals surface area contributed by atoms with Gasteiger partial charge in [0.2, 0.25) is 11.8 Å². The van der Waals surface area contributed by atoms with Gasteiger partial charge >= 0.3 is 0 Å². The molecule has 0 aliphatic heterocycles. The normalized spacial score (nSPS) is 11.6. The molecule has 0 aromatic rings. The molecule has 2 amide bonds. The Hall–Kier alpha value is -1.58. The monoisotopic (exact) mass is 252 g/mol. The van der Waals surface area contributed by atoms with E-state index in [4.69, 9.17) is 0 Å². The van der Waals surface area contributed by atoms with Crippen molar-refractivity contribution >= 4 is 11.8 Å². The molecule has 0 spiro atoms. The van der Waals surface area contributed by atoms with Crippen LogP contribution in [0.2, 0.25) is 0 Å². The van der Waals surface area contributed by atoms with Gasteiger partial charge in [0.05, 0.1) is 0 Å². The van der Waals surface area contributed by atoms with Gasteiger partial charge in [0.1, 0.15) is 0 Å². The van der Waals surface area contributed by atoms with Gasteiger partial charge in [-0.15, -0.1) is 0 Å². The van der Waals surface area contributed by atoms with Crippen molar-refractivity contribution in [3.63, 3.8) is 0 Å². The van der Waals surface area contributed by atoms with Crippen LogP contribution in [0.3, 0.4) is 0 Å². The third-order valence-electron chi connectivity index (χ3n) is 2.67. The van der Waals surface area contributed by atoms with Crippen molar-refractivity contribution in [3.05, 3.63) is 25.3 Å². The second-order valence-corrected chi connectivity index (χ2v) is 5.65. The molecule has 0 heterocycles. The molecule has 0 rings (SSSR count). The van der Waals surface area contributed by atoms with E-state index in [0.29, 0.717) is 0 Å². The highest BCUT2D eigenvalue weighted by Crippen LogP contribution is 2.19. The summed E-state index contributed by atoms with van der Waals surface area (Å²) in [5, 5.41) is 5.71. The van der Waals surface area contributed by atoms with E-state index in [1.54, 1.807) is 0 Å². The van der Waals surface area contributed by atoms with Gasteiger partial charge in [0, 0.05) is 11.1 Å². The van der Waals surface area contributed by atoms with Gasteiger partial charge < -0.3 is 10.6 Å². The zero-order valence-corrected chi connectivity index (χ0v) is 11.8. The van der Waals surface area contributed by atoms with Crippen LogP contribution in [0.15, 0.2) is 25.3 Å². The molecule has 0 saturated carbocycles. The minimum absolute atomic E-state index is 0.187. The van der Waals surface area contributed by atoms with Gasteiger partial charge in [-0.2, -0.15) is 0 Å². The molecule has 0 atom stereocenters. The minimum atomic E-state index is -0.332. The largest absolute Gasteiger partial charge is 0.348 e. The van der Waals surface area contributed by atoms with E-state index in [-0.39, 0.29) is 22.9 Å². The van der Waals surface area contributed by atoms with Crippen LogP contribution in [0.4, 0.5) is 0 Å². The van der Waals surface area contributed by atoms with Gasteiger partial charge in [0.15, 0.2) is 0 Å². The second kappa shape index (κ2) is 6.38. The lowest BCUT2D eigenvalue weighted by molar-refractivity contribution is -0.119. The van der Waals surface area contributed by atoms with Gasteiger partial charge in [-0.1, -0.05) is 13.2 Å². The fourth-order valence-electron chi connectivity index (χ4n) is 1.52. The molecule has 0 radical (unpaired) electrons. The molecule has 0 unspecified atom stereocenters. The fraction of sp³-hybridized carbons (Fsp3) is 0.571. The van der Waals surface area contributed by atoms with Gasteiger partial charge in [-0.05, 0) is 52.7 Å². The Labute approximate surface area is 110 Å². The van der Waals surface area contributed by atoms with Crippen molar-refractivity contribution in [2.75, 3.05) is 0 Å². The number of hydrogen-bond donors (Lipinski definition) is 2. The van der Waals surface area contributed by atoms with E-state index in [2.05, 4.69) is 23.8 Å². The highest BCUT2D eigenvalue weighted by Gasteiger charge is 2.25. The Morgan fingerprint density at radius 3 is 1.39 bits per heavy atom. The molecule has 0 aliphatic carbocycles. The Kier molecular flexibility index (Phi) is 5.82. The molecule has 18 heavy (non-hydrogen) atoms. The van der Waals surface area contributed by atoms with Crippen LogP contribution in [-0.2, 0) is 9.59 Å². The average molecular weight is 252 g/mol. The maximum absolute atomic E-state index is 11.3. The third-order valence-corrected chi connectivity index (χ3v) is 2.67. The number of carbonyl (C=O) groups is 2. The van der Waals surface area contributed by atoms with Crippen molar-refractivity contribution in [3.8, 4) is 0 Å². The first-order chi connectivity index (χ1) is 8.12. The van der Waals surface area contributed by atoms with Crippen LogP contribution in [0.5, 0.6) is 0 Å². The van der Waals surface area contributed by atoms with Crippen LogP contribution in [0, 0.1) is 0 Å². The summed E-state index contributed by atoms with van der Waals surface area (Å²) in [5.74, 6) is -0.374. The second-order valence-electron chi connectivity index (χ2n) is 5.65. The Balaban J connectivity index is 4.36. The van der Waals surface area contributed by atoms with Gasteiger partial charge in [-0.3, -0.25) is 9.59 Å². The van der Waals surface area contributed by atoms with Crippen LogP contribution in [0.25, 0.3) is 0 Å². The summed E-state index contributed by atoms with van der Waals surface area (Å²) in [6.45, 7) is 14.6. The van der Waals surface area contributed by atoms with Crippen molar-refractivity contribution in [2.45, 2.75) is 51.6 Å². The molecular formula is C14H24N2O2. The molecule has 0 aromatic heterocycles. The van der Waals surface area contributed by atoms with E-state index in [1.165, 1.54) is 12.2 Å². The Bertz CT molecular complexity index is 310. The smallest absolute Gasteiger partial charge is 0.243 e. The maximum Gasteiger partial charge on any atom is 0.243 e. The molecule has 2 N–H and O–H groups in total. The van der Waals surface area contributed by atoms with Crippen LogP contribution in [-0.4, -0.2) is 22.9 Å². The molecular weight excluding hydrogens is 228 g/mol. The molecule has 102 valence electrons. The van der Waals surface area contributed by atoms with Gasteiger partial charge in [-0.25, -0.2) is 0 Å². The summed E-state index contributed by atoms with van der Waals surface area (Å²) in [4.78, 5) is 22.5. The number of rotatable bonds is 7. The molecule has 0 bridgehead atoms. The Morgan fingerprint density at radius 1 is 0.889 bits per heavy atom.